The van der Waals surface area contributed by atoms with Crippen molar-refractivity contribution in [1.82, 2.24) is 19.8 Å². The van der Waals surface area contributed by atoms with Crippen molar-refractivity contribution < 1.29 is 9.53 Å². The number of amides is 1. The van der Waals surface area contributed by atoms with Gasteiger partial charge in [-0.1, -0.05) is 54.6 Å². The van der Waals surface area contributed by atoms with Gasteiger partial charge in [0.15, 0.2) is 5.72 Å². The average molecular weight is 439 g/mol. The van der Waals surface area contributed by atoms with Gasteiger partial charge in [-0.2, -0.15) is 0 Å². The molecule has 1 amide bonds. The van der Waals surface area contributed by atoms with Crippen LogP contribution in [-0.4, -0.2) is 39.2 Å². The van der Waals surface area contributed by atoms with Gasteiger partial charge in [0.1, 0.15) is 11.6 Å². The van der Waals surface area contributed by atoms with E-state index >= 15 is 0 Å². The molecule has 6 rings (SSSR count). The smallest absolute Gasteiger partial charge is 0.258 e. The number of likely N-dealkylation sites (tertiary alicyclic amines) is 1. The molecule has 1 saturated heterocycles. The maximum atomic E-state index is 12.6. The Bertz CT molecular complexity index is 1310. The van der Waals surface area contributed by atoms with E-state index in [-0.39, 0.29) is 5.91 Å². The van der Waals surface area contributed by atoms with Crippen molar-refractivity contribution in [2.45, 2.75) is 31.7 Å². The highest BCUT2D eigenvalue weighted by Crippen LogP contribution is 2.33. The van der Waals surface area contributed by atoms with Gasteiger partial charge >= 0.3 is 0 Å². The van der Waals surface area contributed by atoms with Crippen molar-refractivity contribution in [3.05, 3.63) is 95.8 Å². The minimum absolute atomic E-state index is 0.0463. The lowest BCUT2D eigenvalue weighted by atomic mass is 9.97. The van der Waals surface area contributed by atoms with Gasteiger partial charge in [-0.25, -0.2) is 4.98 Å². The Kier molecular flexibility index (Phi) is 4.88. The number of piperidine rings is 1. The van der Waals surface area contributed by atoms with Crippen LogP contribution < -0.4 is 10.1 Å². The van der Waals surface area contributed by atoms with E-state index in [0.29, 0.717) is 11.3 Å². The molecule has 0 saturated carbocycles. The zero-order valence-corrected chi connectivity index (χ0v) is 18.4. The van der Waals surface area contributed by atoms with Crippen LogP contribution in [-0.2, 0) is 13.1 Å². The number of carbonyl (C=O) groups excluding carboxylic acids is 1. The van der Waals surface area contributed by atoms with E-state index in [2.05, 4.69) is 57.2 Å². The molecule has 1 aromatic heterocycles. The van der Waals surface area contributed by atoms with Gasteiger partial charge in [0.05, 0.1) is 23.1 Å². The van der Waals surface area contributed by atoms with Gasteiger partial charge in [-0.15, -0.1) is 0 Å². The van der Waals surface area contributed by atoms with Gasteiger partial charge in [-0.05, 0) is 29.8 Å². The Morgan fingerprint density at radius 1 is 0.879 bits per heavy atom. The summed E-state index contributed by atoms with van der Waals surface area (Å²) in [5, 5.41) is 3.13. The fourth-order valence-electron chi connectivity index (χ4n) is 4.94. The van der Waals surface area contributed by atoms with Crippen molar-refractivity contribution in [3.63, 3.8) is 0 Å². The second-order valence-corrected chi connectivity index (χ2v) is 8.91. The summed E-state index contributed by atoms with van der Waals surface area (Å²) >= 11 is 0. The lowest BCUT2D eigenvalue weighted by Gasteiger charge is -2.44. The number of ether oxygens (including phenoxy) is 1. The van der Waals surface area contributed by atoms with Crippen LogP contribution in [0.25, 0.3) is 11.0 Å². The molecule has 0 aliphatic carbocycles. The van der Waals surface area contributed by atoms with Crippen molar-refractivity contribution in [3.8, 4) is 5.75 Å². The first-order valence-corrected chi connectivity index (χ1v) is 11.5. The minimum atomic E-state index is -0.619. The van der Waals surface area contributed by atoms with Gasteiger partial charge in [0.25, 0.3) is 5.91 Å². The van der Waals surface area contributed by atoms with Crippen molar-refractivity contribution in [1.29, 1.82) is 0 Å². The number of hydrogen-bond acceptors (Lipinski definition) is 4. The van der Waals surface area contributed by atoms with E-state index in [0.717, 1.165) is 55.9 Å². The number of rotatable bonds is 4. The van der Waals surface area contributed by atoms with Gasteiger partial charge in [0.2, 0.25) is 0 Å². The van der Waals surface area contributed by atoms with E-state index in [1.807, 2.05) is 36.4 Å². The summed E-state index contributed by atoms with van der Waals surface area (Å²) < 4.78 is 8.62. The molecule has 0 bridgehead atoms. The van der Waals surface area contributed by atoms with E-state index in [9.17, 15) is 4.79 Å². The van der Waals surface area contributed by atoms with Crippen LogP contribution in [0.15, 0.2) is 78.9 Å². The summed E-state index contributed by atoms with van der Waals surface area (Å²) in [5.74, 6) is 1.70. The summed E-state index contributed by atoms with van der Waals surface area (Å²) in [6.45, 7) is 3.22. The number of aromatic nitrogens is 2. The lowest BCUT2D eigenvalue weighted by Crippen LogP contribution is -2.60. The van der Waals surface area contributed by atoms with E-state index < -0.39 is 5.72 Å². The summed E-state index contributed by atoms with van der Waals surface area (Å²) in [4.78, 5) is 20.0. The molecule has 3 aromatic carbocycles. The maximum absolute atomic E-state index is 12.6. The van der Waals surface area contributed by atoms with Crippen LogP contribution >= 0.6 is 0 Å². The molecule has 33 heavy (non-hydrogen) atoms. The number of carbonyl (C=O) groups is 1. The predicted molar refractivity (Wildman–Crippen MR) is 127 cm³/mol. The quantitative estimate of drug-likeness (QED) is 0.519. The fourth-order valence-corrected chi connectivity index (χ4v) is 4.94. The number of benzene rings is 3. The van der Waals surface area contributed by atoms with E-state index in [4.69, 9.17) is 9.72 Å². The Labute approximate surface area is 192 Å². The minimum Gasteiger partial charge on any atom is -0.467 e. The van der Waals surface area contributed by atoms with Crippen LogP contribution in [0, 0.1) is 0 Å². The molecule has 2 aliphatic rings. The average Bonchev–Trinajstić information content (AvgIpc) is 3.18. The normalized spacial score (nSPS) is 17.5. The summed E-state index contributed by atoms with van der Waals surface area (Å²) in [5.41, 5.74) is 3.43. The van der Waals surface area contributed by atoms with E-state index in [1.54, 1.807) is 0 Å². The summed E-state index contributed by atoms with van der Waals surface area (Å²) in [6, 6.07) is 26.3. The van der Waals surface area contributed by atoms with Crippen molar-refractivity contribution >= 4 is 16.9 Å². The van der Waals surface area contributed by atoms with Crippen LogP contribution in [0.2, 0.25) is 0 Å². The molecule has 0 unspecified atom stereocenters. The number of nitrogens with zero attached hydrogens (tertiary/aromatic N) is 3. The highest BCUT2D eigenvalue weighted by molar-refractivity contribution is 5.98. The van der Waals surface area contributed by atoms with E-state index in [1.165, 1.54) is 5.56 Å². The molecule has 166 valence electrons. The zero-order valence-electron chi connectivity index (χ0n) is 18.4. The number of hydrogen-bond donors (Lipinski definition) is 1. The summed E-state index contributed by atoms with van der Waals surface area (Å²) in [6.07, 6.45) is 1.48. The highest BCUT2D eigenvalue weighted by atomic mass is 16.5. The fraction of sp³-hybridized carbons (Fsp3) is 0.259. The Morgan fingerprint density at radius 3 is 2.45 bits per heavy atom. The van der Waals surface area contributed by atoms with Gasteiger partial charge in [0, 0.05) is 32.5 Å². The third kappa shape index (κ3) is 3.76. The predicted octanol–water partition coefficient (Wildman–Crippen LogP) is 4.20. The van der Waals surface area contributed by atoms with Gasteiger partial charge in [-0.3, -0.25) is 9.69 Å². The molecule has 6 heteroatoms. The number of imidazole rings is 1. The molecule has 4 aromatic rings. The number of fused-ring (bicyclic) bond motifs is 2. The van der Waals surface area contributed by atoms with Crippen molar-refractivity contribution in [2.75, 3.05) is 13.1 Å². The molecule has 2 aliphatic heterocycles. The first-order chi connectivity index (χ1) is 16.2. The zero-order chi connectivity index (χ0) is 22.3. The van der Waals surface area contributed by atoms with Gasteiger partial charge < -0.3 is 14.6 Å². The Morgan fingerprint density at radius 2 is 1.61 bits per heavy atom. The number of para-hydroxylation sites is 3. The highest BCUT2D eigenvalue weighted by Gasteiger charge is 2.42. The standard InChI is InChI=1S/C27H26N4O2/c32-26-21-10-4-7-13-24(21)33-27(29-26)14-16-30(17-15-27)19-25-28-22-11-5-6-12-23(22)31(25)18-20-8-2-1-3-9-20/h1-13H,14-19H2,(H,29,32). The second-order valence-electron chi connectivity index (χ2n) is 8.91. The van der Waals surface area contributed by atoms with Crippen molar-refractivity contribution in [2.24, 2.45) is 0 Å². The molecular weight excluding hydrogens is 412 g/mol. The third-order valence-electron chi connectivity index (χ3n) is 6.72. The number of nitrogens with one attached hydrogen (secondary N) is 1. The molecule has 1 spiro atoms. The molecule has 6 nitrogen and oxygen atoms in total. The first kappa shape index (κ1) is 20.0. The topological polar surface area (TPSA) is 59.4 Å². The molecule has 1 fully saturated rings. The van der Waals surface area contributed by atoms with Crippen LogP contribution in [0.3, 0.4) is 0 Å². The van der Waals surface area contributed by atoms with Crippen LogP contribution in [0.4, 0.5) is 0 Å². The SMILES string of the molecule is O=C1NC2(CCN(Cc3nc4ccccc4n3Cc3ccccc3)CC2)Oc2ccccc21. The molecule has 0 radical (unpaired) electrons. The monoisotopic (exact) mass is 438 g/mol. The van der Waals surface area contributed by atoms with Crippen LogP contribution in [0.5, 0.6) is 5.75 Å². The maximum Gasteiger partial charge on any atom is 0.258 e. The third-order valence-corrected chi connectivity index (χ3v) is 6.72. The molecule has 1 N–H and O–H groups in total. The lowest BCUT2D eigenvalue weighted by molar-refractivity contribution is -0.0309. The molecular formula is C27H26N4O2. The Balaban J connectivity index is 1.21. The molecule has 0 atom stereocenters. The summed E-state index contributed by atoms with van der Waals surface area (Å²) in [7, 11) is 0. The first-order valence-electron chi connectivity index (χ1n) is 11.5. The Hall–Kier alpha value is -3.64. The largest absolute Gasteiger partial charge is 0.467 e. The second kappa shape index (κ2) is 8.05. The van der Waals surface area contributed by atoms with Crippen LogP contribution in [0.1, 0.15) is 34.6 Å². The molecule has 3 heterocycles.